The van der Waals surface area contributed by atoms with Crippen LogP contribution in [0.2, 0.25) is 0 Å². The first-order valence-corrected chi connectivity index (χ1v) is 14.3. The molecule has 1 atom stereocenters. The number of rotatable bonds is 8. The number of benzene rings is 1. The summed E-state index contributed by atoms with van der Waals surface area (Å²) in [7, 11) is 3.37. The number of anilines is 4. The van der Waals surface area contributed by atoms with Crippen LogP contribution >= 0.6 is 0 Å². The van der Waals surface area contributed by atoms with Gasteiger partial charge in [0.05, 0.1) is 19.0 Å². The molecule has 2 fully saturated rings. The fourth-order valence-corrected chi connectivity index (χ4v) is 6.01. The minimum absolute atomic E-state index is 0.0557. The van der Waals surface area contributed by atoms with Gasteiger partial charge in [0.15, 0.2) is 5.82 Å². The maximum atomic E-state index is 13.0. The molecule has 5 rings (SSSR count). The fourth-order valence-electron chi connectivity index (χ4n) is 6.01. The summed E-state index contributed by atoms with van der Waals surface area (Å²) in [4.78, 5) is 41.4. The van der Waals surface area contributed by atoms with Gasteiger partial charge < -0.3 is 30.1 Å². The van der Waals surface area contributed by atoms with Crippen LogP contribution in [-0.4, -0.2) is 79.1 Å². The molecule has 10 nitrogen and oxygen atoms in total. The average molecular weight is 536 g/mol. The summed E-state index contributed by atoms with van der Waals surface area (Å²) < 4.78 is 5.63. The summed E-state index contributed by atoms with van der Waals surface area (Å²) >= 11 is 0. The number of nitrogens with one attached hydrogen (secondary N) is 2. The summed E-state index contributed by atoms with van der Waals surface area (Å²) in [5, 5.41) is 6.40. The van der Waals surface area contributed by atoms with E-state index in [1.165, 1.54) is 32.1 Å². The Balaban J connectivity index is 1.31. The fraction of sp³-hybridized carbons (Fsp3) is 0.586. The Hall–Kier alpha value is -3.40. The van der Waals surface area contributed by atoms with Crippen molar-refractivity contribution in [2.24, 2.45) is 0 Å². The zero-order valence-corrected chi connectivity index (χ0v) is 23.4. The molecule has 1 aromatic heterocycles. The van der Waals surface area contributed by atoms with E-state index in [2.05, 4.69) is 32.3 Å². The van der Waals surface area contributed by atoms with E-state index >= 15 is 0 Å². The van der Waals surface area contributed by atoms with Gasteiger partial charge in [-0.3, -0.25) is 9.59 Å². The summed E-state index contributed by atoms with van der Waals surface area (Å²) in [5.41, 5.74) is 1.94. The summed E-state index contributed by atoms with van der Waals surface area (Å²) in [6.45, 7) is 5.76. The number of hydrogen-bond donors (Lipinski definition) is 2. The molecule has 3 aliphatic rings. The minimum atomic E-state index is -0.120. The van der Waals surface area contributed by atoms with E-state index in [-0.39, 0.29) is 17.9 Å². The number of amides is 2. The number of piperidine rings is 1. The van der Waals surface area contributed by atoms with E-state index in [1.54, 1.807) is 37.4 Å². The molecule has 1 saturated carbocycles. The molecule has 2 aliphatic heterocycles. The summed E-state index contributed by atoms with van der Waals surface area (Å²) in [6.07, 6.45) is 10.5. The second-order valence-electron chi connectivity index (χ2n) is 11.0. The lowest BCUT2D eigenvalue weighted by molar-refractivity contribution is -0.118. The number of hydrogen-bond acceptors (Lipinski definition) is 8. The molecule has 210 valence electrons. The molecule has 39 heavy (non-hydrogen) atoms. The first-order chi connectivity index (χ1) is 18.9. The zero-order valence-electron chi connectivity index (χ0n) is 23.4. The van der Waals surface area contributed by atoms with Crippen LogP contribution in [0.3, 0.4) is 0 Å². The van der Waals surface area contributed by atoms with Crippen LogP contribution in [0.4, 0.5) is 23.1 Å². The van der Waals surface area contributed by atoms with Crippen LogP contribution in [0.25, 0.3) is 0 Å². The van der Waals surface area contributed by atoms with Gasteiger partial charge in [-0.15, -0.1) is 0 Å². The van der Waals surface area contributed by atoms with Crippen molar-refractivity contribution in [1.82, 2.24) is 20.2 Å². The van der Waals surface area contributed by atoms with E-state index in [1.807, 2.05) is 6.07 Å². The maximum Gasteiger partial charge on any atom is 0.251 e. The number of aromatic nitrogens is 2. The number of ether oxygens (including phenoxy) is 1. The van der Waals surface area contributed by atoms with E-state index in [4.69, 9.17) is 9.72 Å². The Morgan fingerprint density at radius 3 is 2.64 bits per heavy atom. The lowest BCUT2D eigenvalue weighted by atomic mass is 10.1. The number of carbonyl (C=O) groups excluding carboxylic acids is 2. The number of methoxy groups -OCH3 is 1. The van der Waals surface area contributed by atoms with Gasteiger partial charge >= 0.3 is 0 Å². The van der Waals surface area contributed by atoms with Crippen molar-refractivity contribution in [3.05, 3.63) is 30.0 Å². The highest BCUT2D eigenvalue weighted by Gasteiger charge is 2.31. The normalized spacial score (nSPS) is 19.4. The largest absolute Gasteiger partial charge is 0.495 e. The molecular weight excluding hydrogens is 494 g/mol. The lowest BCUT2D eigenvalue weighted by Crippen LogP contribution is -2.43. The van der Waals surface area contributed by atoms with E-state index < -0.39 is 0 Å². The molecule has 0 bridgehead atoms. The third kappa shape index (κ3) is 6.27. The SMILES string of the molecule is COc1cc(C(=O)NC(C)CN2CCCCC2)ccc1Nc1ncc2c(n1)N(C1CCCC1)CCC(=O)N2C. The van der Waals surface area contributed by atoms with Crippen molar-refractivity contribution >= 4 is 35.0 Å². The Kier molecular flexibility index (Phi) is 8.50. The highest BCUT2D eigenvalue weighted by Crippen LogP contribution is 2.37. The van der Waals surface area contributed by atoms with Gasteiger partial charge in [-0.1, -0.05) is 19.3 Å². The summed E-state index contributed by atoms with van der Waals surface area (Å²) in [6, 6.07) is 5.79. The van der Waals surface area contributed by atoms with Gasteiger partial charge in [-0.05, 0) is 63.9 Å². The van der Waals surface area contributed by atoms with Crippen molar-refractivity contribution in [3.63, 3.8) is 0 Å². The molecule has 10 heteroatoms. The molecule has 2 aromatic rings. The molecule has 2 N–H and O–H groups in total. The number of carbonyl (C=O) groups is 2. The molecule has 2 amide bonds. The molecule has 1 saturated heterocycles. The second-order valence-corrected chi connectivity index (χ2v) is 11.0. The van der Waals surface area contributed by atoms with Crippen LogP contribution in [0.1, 0.15) is 68.6 Å². The Labute approximate surface area is 231 Å². The van der Waals surface area contributed by atoms with Gasteiger partial charge in [0.2, 0.25) is 11.9 Å². The van der Waals surface area contributed by atoms with Crippen molar-refractivity contribution in [1.29, 1.82) is 0 Å². The van der Waals surface area contributed by atoms with Gasteiger partial charge in [-0.25, -0.2) is 4.98 Å². The van der Waals surface area contributed by atoms with Crippen LogP contribution in [-0.2, 0) is 4.79 Å². The minimum Gasteiger partial charge on any atom is -0.495 e. The van der Waals surface area contributed by atoms with Crippen molar-refractivity contribution in [2.45, 2.75) is 70.4 Å². The number of fused-ring (bicyclic) bond motifs is 1. The van der Waals surface area contributed by atoms with Gasteiger partial charge in [0, 0.05) is 44.2 Å². The average Bonchev–Trinajstić information content (AvgIpc) is 3.44. The van der Waals surface area contributed by atoms with Gasteiger partial charge in [0.25, 0.3) is 5.91 Å². The molecule has 0 spiro atoms. The second kappa shape index (κ2) is 12.2. The quantitative estimate of drug-likeness (QED) is 0.524. The predicted octanol–water partition coefficient (Wildman–Crippen LogP) is 3.95. The molecule has 3 heterocycles. The molecule has 1 unspecified atom stereocenters. The monoisotopic (exact) mass is 535 g/mol. The standard InChI is InChI=1S/C29H41N7O3/c1-20(19-35-14-7-4-8-15-35)31-28(38)21-11-12-23(25(17-21)39-3)32-29-30-18-24-27(33-29)36(22-9-5-6-10-22)16-13-26(37)34(24)2/h11-12,17-18,20,22H,4-10,13-16,19H2,1-3H3,(H,31,38)(H,30,32,33). The number of nitrogens with zero attached hydrogens (tertiary/aromatic N) is 5. The first-order valence-electron chi connectivity index (χ1n) is 14.3. The Bertz CT molecular complexity index is 1180. The smallest absolute Gasteiger partial charge is 0.251 e. The highest BCUT2D eigenvalue weighted by atomic mass is 16.5. The van der Waals surface area contributed by atoms with Crippen molar-refractivity contribution < 1.29 is 14.3 Å². The predicted molar refractivity (Wildman–Crippen MR) is 153 cm³/mol. The molecule has 1 aliphatic carbocycles. The molecule has 0 radical (unpaired) electrons. The van der Waals surface area contributed by atoms with Crippen molar-refractivity contribution in [2.75, 3.05) is 55.5 Å². The zero-order chi connectivity index (χ0) is 27.4. The lowest BCUT2D eigenvalue weighted by Gasteiger charge is -2.30. The Morgan fingerprint density at radius 1 is 1.13 bits per heavy atom. The van der Waals surface area contributed by atoms with Crippen molar-refractivity contribution in [3.8, 4) is 5.75 Å². The Morgan fingerprint density at radius 2 is 1.90 bits per heavy atom. The summed E-state index contributed by atoms with van der Waals surface area (Å²) in [5.74, 6) is 1.69. The van der Waals surface area contributed by atoms with E-state index in [9.17, 15) is 9.59 Å². The maximum absolute atomic E-state index is 13.0. The van der Waals surface area contributed by atoms with Gasteiger partial charge in [-0.2, -0.15) is 4.98 Å². The first kappa shape index (κ1) is 27.2. The van der Waals surface area contributed by atoms with Crippen LogP contribution in [0.15, 0.2) is 24.4 Å². The van der Waals surface area contributed by atoms with E-state index in [0.717, 1.165) is 44.0 Å². The molecule has 1 aromatic carbocycles. The third-order valence-electron chi connectivity index (χ3n) is 8.16. The van der Waals surface area contributed by atoms with E-state index in [0.29, 0.717) is 42.0 Å². The topological polar surface area (TPSA) is 103 Å². The van der Waals surface area contributed by atoms with Crippen LogP contribution < -0.4 is 25.2 Å². The third-order valence-corrected chi connectivity index (χ3v) is 8.16. The number of likely N-dealkylation sites (tertiary alicyclic amines) is 1. The highest BCUT2D eigenvalue weighted by molar-refractivity contribution is 5.97. The molecular formula is C29H41N7O3. The van der Waals surface area contributed by atoms with Crippen LogP contribution in [0.5, 0.6) is 5.75 Å². The van der Waals surface area contributed by atoms with Gasteiger partial charge in [0.1, 0.15) is 11.4 Å². The van der Waals surface area contributed by atoms with Crippen LogP contribution in [0, 0.1) is 0 Å².